The summed E-state index contributed by atoms with van der Waals surface area (Å²) in [5, 5.41) is 3.95. The van der Waals surface area contributed by atoms with Crippen molar-refractivity contribution in [2.45, 2.75) is 38.0 Å². The number of hydrogen-bond acceptors (Lipinski definition) is 6. The summed E-state index contributed by atoms with van der Waals surface area (Å²) in [4.78, 5) is 15.6. The summed E-state index contributed by atoms with van der Waals surface area (Å²) < 4.78 is 15.5. The first kappa shape index (κ1) is 14.1. The number of nitrogens with zero attached hydrogens (tertiary/aromatic N) is 2. The van der Waals surface area contributed by atoms with E-state index in [1.54, 1.807) is 7.11 Å². The van der Waals surface area contributed by atoms with Gasteiger partial charge in [-0.2, -0.15) is 4.98 Å². The summed E-state index contributed by atoms with van der Waals surface area (Å²) in [6, 6.07) is 0. The molecular weight excluding hydrogens is 248 g/mol. The van der Waals surface area contributed by atoms with Crippen molar-refractivity contribution < 1.29 is 18.8 Å². The molecule has 0 saturated heterocycles. The molecule has 0 aromatic carbocycles. The van der Waals surface area contributed by atoms with E-state index in [2.05, 4.69) is 10.1 Å². The van der Waals surface area contributed by atoms with Crippen LogP contribution in [0.25, 0.3) is 0 Å². The molecule has 0 amide bonds. The van der Waals surface area contributed by atoms with Crippen molar-refractivity contribution >= 4 is 5.78 Å². The van der Waals surface area contributed by atoms with Crippen molar-refractivity contribution in [3.63, 3.8) is 0 Å². The molecule has 0 spiro atoms. The van der Waals surface area contributed by atoms with Crippen molar-refractivity contribution in [3.8, 4) is 0 Å². The van der Waals surface area contributed by atoms with E-state index >= 15 is 0 Å². The molecule has 1 aliphatic carbocycles. The van der Waals surface area contributed by atoms with Crippen LogP contribution in [0.2, 0.25) is 0 Å². The fourth-order valence-electron chi connectivity index (χ4n) is 2.13. The summed E-state index contributed by atoms with van der Waals surface area (Å²) >= 11 is 0. The average Bonchev–Trinajstić information content (AvgIpc) is 2.88. The first-order valence-electron chi connectivity index (χ1n) is 6.70. The Morgan fingerprint density at radius 1 is 1.26 bits per heavy atom. The first-order chi connectivity index (χ1) is 9.29. The minimum absolute atomic E-state index is 0.244. The zero-order valence-electron chi connectivity index (χ0n) is 11.3. The monoisotopic (exact) mass is 268 g/mol. The first-order valence-corrected chi connectivity index (χ1v) is 6.70. The Bertz CT molecular complexity index is 395. The van der Waals surface area contributed by atoms with E-state index in [-0.39, 0.29) is 5.92 Å². The number of carbonyl (C=O) groups is 1. The number of ether oxygens (including phenoxy) is 2. The smallest absolute Gasteiger partial charge is 0.229 e. The summed E-state index contributed by atoms with van der Waals surface area (Å²) in [6.07, 6.45) is 3.54. The van der Waals surface area contributed by atoms with Gasteiger partial charge in [0.15, 0.2) is 5.82 Å². The Morgan fingerprint density at radius 2 is 2.05 bits per heavy atom. The Balaban J connectivity index is 1.74. The Labute approximate surface area is 112 Å². The molecule has 6 nitrogen and oxygen atoms in total. The summed E-state index contributed by atoms with van der Waals surface area (Å²) in [7, 11) is 1.64. The molecule has 0 N–H and O–H groups in total. The SMILES string of the molecule is COCCOCCc1noc(C2CCC(=O)CC2)n1. The molecule has 0 radical (unpaired) electrons. The molecule has 19 heavy (non-hydrogen) atoms. The highest BCUT2D eigenvalue weighted by Crippen LogP contribution is 2.29. The molecule has 0 atom stereocenters. The summed E-state index contributed by atoms with van der Waals surface area (Å²) in [6.45, 7) is 1.73. The van der Waals surface area contributed by atoms with Crippen molar-refractivity contribution in [2.75, 3.05) is 26.9 Å². The van der Waals surface area contributed by atoms with Gasteiger partial charge in [-0.1, -0.05) is 5.16 Å². The van der Waals surface area contributed by atoms with Crippen LogP contribution in [0.3, 0.4) is 0 Å². The Morgan fingerprint density at radius 3 is 2.79 bits per heavy atom. The molecule has 1 aliphatic rings. The summed E-state index contributed by atoms with van der Waals surface area (Å²) in [5.74, 6) is 1.92. The zero-order chi connectivity index (χ0) is 13.5. The van der Waals surface area contributed by atoms with Gasteiger partial charge in [-0.05, 0) is 12.8 Å². The Kier molecular flexibility index (Phi) is 5.47. The van der Waals surface area contributed by atoms with Gasteiger partial charge in [0.25, 0.3) is 0 Å². The fourth-order valence-corrected chi connectivity index (χ4v) is 2.13. The van der Waals surface area contributed by atoms with Crippen LogP contribution in [0.4, 0.5) is 0 Å². The number of aromatic nitrogens is 2. The van der Waals surface area contributed by atoms with Crippen LogP contribution in [-0.4, -0.2) is 42.9 Å². The zero-order valence-corrected chi connectivity index (χ0v) is 11.3. The van der Waals surface area contributed by atoms with Gasteiger partial charge in [0.2, 0.25) is 5.89 Å². The van der Waals surface area contributed by atoms with Crippen LogP contribution >= 0.6 is 0 Å². The Hall–Kier alpha value is -1.27. The van der Waals surface area contributed by atoms with E-state index in [9.17, 15) is 4.79 Å². The molecule has 0 bridgehead atoms. The van der Waals surface area contributed by atoms with E-state index in [1.165, 1.54) is 0 Å². The van der Waals surface area contributed by atoms with Gasteiger partial charge < -0.3 is 14.0 Å². The maximum Gasteiger partial charge on any atom is 0.229 e. The highest BCUT2D eigenvalue weighted by molar-refractivity contribution is 5.79. The van der Waals surface area contributed by atoms with Gasteiger partial charge >= 0.3 is 0 Å². The summed E-state index contributed by atoms with van der Waals surface area (Å²) in [5.41, 5.74) is 0. The van der Waals surface area contributed by atoms with E-state index in [0.29, 0.717) is 56.6 Å². The second kappa shape index (κ2) is 7.35. The number of ketones is 1. The van der Waals surface area contributed by atoms with Crippen molar-refractivity contribution in [3.05, 3.63) is 11.7 Å². The van der Waals surface area contributed by atoms with Crippen LogP contribution in [0.15, 0.2) is 4.52 Å². The lowest BCUT2D eigenvalue weighted by atomic mass is 9.88. The molecule has 6 heteroatoms. The maximum absolute atomic E-state index is 11.2. The quantitative estimate of drug-likeness (QED) is 0.698. The normalized spacial score (nSPS) is 17.0. The number of carbonyl (C=O) groups excluding carboxylic acids is 1. The standard InChI is InChI=1S/C13H20N2O4/c1-17-8-9-18-7-6-12-14-13(19-15-12)10-2-4-11(16)5-3-10/h10H,2-9H2,1H3. The third-order valence-electron chi connectivity index (χ3n) is 3.28. The topological polar surface area (TPSA) is 74.5 Å². The van der Waals surface area contributed by atoms with Crippen LogP contribution in [-0.2, 0) is 20.7 Å². The molecular formula is C13H20N2O4. The van der Waals surface area contributed by atoms with Gasteiger partial charge in [0, 0.05) is 32.3 Å². The van der Waals surface area contributed by atoms with E-state index in [4.69, 9.17) is 14.0 Å². The molecule has 1 heterocycles. The average molecular weight is 268 g/mol. The minimum atomic E-state index is 0.244. The van der Waals surface area contributed by atoms with E-state index in [1.807, 2.05) is 0 Å². The lowest BCUT2D eigenvalue weighted by molar-refractivity contribution is -0.120. The molecule has 1 saturated carbocycles. The van der Waals surface area contributed by atoms with Gasteiger partial charge in [-0.25, -0.2) is 0 Å². The van der Waals surface area contributed by atoms with Crippen molar-refractivity contribution in [1.82, 2.24) is 10.1 Å². The van der Waals surface area contributed by atoms with Gasteiger partial charge in [0.1, 0.15) is 5.78 Å². The van der Waals surface area contributed by atoms with E-state index in [0.717, 1.165) is 12.8 Å². The predicted octanol–water partition coefficient (Wildman–Crippen LogP) is 1.50. The molecule has 1 fully saturated rings. The van der Waals surface area contributed by atoms with Crippen LogP contribution in [0, 0.1) is 0 Å². The lowest BCUT2D eigenvalue weighted by Gasteiger charge is -2.16. The van der Waals surface area contributed by atoms with Crippen LogP contribution in [0.5, 0.6) is 0 Å². The third-order valence-corrected chi connectivity index (χ3v) is 3.28. The van der Waals surface area contributed by atoms with Gasteiger partial charge in [-0.3, -0.25) is 4.79 Å². The maximum atomic E-state index is 11.2. The second-order valence-electron chi connectivity index (χ2n) is 4.72. The van der Waals surface area contributed by atoms with Crippen molar-refractivity contribution in [1.29, 1.82) is 0 Å². The number of methoxy groups -OCH3 is 1. The molecule has 2 rings (SSSR count). The predicted molar refractivity (Wildman–Crippen MR) is 66.9 cm³/mol. The third kappa shape index (κ3) is 4.40. The number of Topliss-reactive ketones (excluding diaryl/α,β-unsaturated/α-hetero) is 1. The second-order valence-corrected chi connectivity index (χ2v) is 4.72. The van der Waals surface area contributed by atoms with Crippen LogP contribution in [0.1, 0.15) is 43.3 Å². The van der Waals surface area contributed by atoms with Gasteiger partial charge in [-0.15, -0.1) is 0 Å². The number of rotatable bonds is 7. The van der Waals surface area contributed by atoms with Crippen LogP contribution < -0.4 is 0 Å². The molecule has 1 aromatic heterocycles. The lowest BCUT2D eigenvalue weighted by Crippen LogP contribution is -2.12. The highest BCUT2D eigenvalue weighted by atomic mass is 16.5. The highest BCUT2D eigenvalue weighted by Gasteiger charge is 2.24. The molecule has 106 valence electrons. The van der Waals surface area contributed by atoms with Crippen molar-refractivity contribution in [2.24, 2.45) is 0 Å². The molecule has 1 aromatic rings. The molecule has 0 aliphatic heterocycles. The molecule has 0 unspecified atom stereocenters. The minimum Gasteiger partial charge on any atom is -0.382 e. The fraction of sp³-hybridized carbons (Fsp3) is 0.769. The van der Waals surface area contributed by atoms with Gasteiger partial charge in [0.05, 0.1) is 19.8 Å². The largest absolute Gasteiger partial charge is 0.382 e. The van der Waals surface area contributed by atoms with E-state index < -0.39 is 0 Å². The number of hydrogen-bond donors (Lipinski definition) is 0.